The number of nitrogens with two attached hydrogens (primary N) is 1. The largest absolute Gasteiger partial charge is 0.393 e. The van der Waals surface area contributed by atoms with Crippen molar-refractivity contribution in [2.24, 2.45) is 173 Å². The molecule has 12 fully saturated rings. The predicted molar refractivity (Wildman–Crippen MR) is 553 cm³/mol. The molecular formula is C113H163BN2O14S6U. The summed E-state index contributed by atoms with van der Waals surface area (Å²) in [4.78, 5) is 42.8. The average Bonchev–Trinajstić information content (AvgIpc) is 1.50. The van der Waals surface area contributed by atoms with Crippen LogP contribution >= 0.6 is 34.0 Å². The van der Waals surface area contributed by atoms with Crippen molar-refractivity contribution in [3.8, 4) is 31.3 Å². The Morgan fingerprint density at radius 2 is 0.723 bits per heavy atom. The molecule has 12 aliphatic rings. The molecule has 24 heteroatoms. The predicted octanol–water partition coefficient (Wildman–Crippen LogP) is 24.0. The molecule has 12 aliphatic carbocycles. The number of carbonyl (C=O) groups excluding carboxylic acids is 3. The van der Waals surface area contributed by atoms with Gasteiger partial charge in [0, 0.05) is 67.0 Å². The number of fused-ring (bicyclic) bond motifs is 15. The van der Waals surface area contributed by atoms with E-state index in [0.29, 0.717) is 143 Å². The number of sulfone groups is 2. The van der Waals surface area contributed by atoms with Gasteiger partial charge in [-0.2, -0.15) is 0 Å². The summed E-state index contributed by atoms with van der Waals surface area (Å²) < 4.78 is 80.4. The quantitative estimate of drug-likeness (QED) is 0.0159. The number of carbonyl (C=O) groups is 2. The number of sulfonamides is 1. The van der Waals surface area contributed by atoms with E-state index in [1.165, 1.54) is 136 Å². The van der Waals surface area contributed by atoms with Gasteiger partial charge in [-0.15, -0.1) is 34.0 Å². The van der Waals surface area contributed by atoms with Crippen LogP contribution in [0.25, 0.3) is 31.3 Å². The second-order valence-electron chi connectivity index (χ2n) is 46.9. The number of Topliss-reactive ketones (excluding diaryl/α,β-unsaturated/α-hetero) is 2. The SMILES string of the molecule is CC[C@H]1[C@@H](O)[C@@H]2[C@H](CC[C@]3(C)[C@@H]([C@H](C)CCCC(=O)CS(=O)(=O)c4ccc(-c5ccccc5)s4)CC[C@@H]23)[C@@]2(C)CC[C@@H](O)C[C@@H]12.CC[C@H]1[C@@H](O)[C@@H]2[C@H](CC[C@]3(C)[C@@H]([C@H](C)CCCC(=O)CS(=O)(=O)c4ccc(-c5ccccc5)s4)CC[C@@H]23)[C@@]2(C)CC[C@@H](O)C[C@@H]12.CC[C@H]1[C@@H](O)[C@@H]2[C@H](CC[C@]3(C)[C@@H]([C@H](C)CCN=C=O)CC[C@@H]23)[C@@]2(C)CC[C@@H](C)C[C@@H]12.NS(=O)(=O)c1ccc(-c2ccccc2)s1.[2H][B].[U]. The Morgan fingerprint density at radius 3 is 1.04 bits per heavy atom. The van der Waals surface area contributed by atoms with Gasteiger partial charge < -0.3 is 25.5 Å². The van der Waals surface area contributed by atoms with Gasteiger partial charge in [0.05, 0.1) is 37.1 Å². The number of hydrogen-bond donors (Lipinski definition) is 6. The minimum Gasteiger partial charge on any atom is -0.393 e. The summed E-state index contributed by atoms with van der Waals surface area (Å²) in [6, 6.07) is 39.3. The number of ketones is 2. The molecule has 33 atom stereocenters. The first-order valence-corrected chi connectivity index (χ1v) is 59.8. The molecular weight excluding hydrogens is 2050 g/mol. The summed E-state index contributed by atoms with van der Waals surface area (Å²) >= 11 is 3.65. The summed E-state index contributed by atoms with van der Waals surface area (Å²) in [6.45, 7) is 32.0. The molecule has 0 saturated heterocycles. The molecule has 3 aromatic carbocycles. The first kappa shape index (κ1) is 109. The van der Waals surface area contributed by atoms with Gasteiger partial charge in [0.15, 0.2) is 19.7 Å². The summed E-state index contributed by atoms with van der Waals surface area (Å²) in [7, 11) is -7.12. The molecule has 0 aliphatic heterocycles. The standard InChI is InChI=1S/2C38H54O5S2.C27H45NO2.C10H9NO2S2.BH.U/c2*1-5-28-32-22-26(39)18-20-38(32,4)31-19-21-37(3)29(14-15-30(37)35(31)36(28)41)24(2)10-9-13-27(40)23-45(42,43)34-17-16-33(44-34)25-11-7-6-8-12-25;1-6-19-23-15-17(2)9-12-27(23,5)22-10-13-26(4)20(18(3)11-14-28-16-29)7-8-21(26)24(22)25(19)30;11-15(12,13)10-7-6-9(14-10)8-4-2-1-3-5-8;;/h2*6-8,11-12,16-17,24,26,28-32,35-36,39,41H,5,9-10,13-15,18-23H2,1-4H3;17-25,30H,6-15H2,1-5H3;1-7H,(H2,11,12,13);1H;/t2*24-,26-,28-,29-,30+,31+,32+,35+,36-,37-,38-;17-,18-,19-,20-,21+,22+,23+,24+,25-,26-,27-;;;/m111.../s1/i;;;;1D;. The van der Waals surface area contributed by atoms with Crippen LogP contribution in [0.1, 0.15) is 289 Å². The molecule has 12 saturated carbocycles. The number of aliphatic hydroxyl groups excluding tert-OH is 5. The van der Waals surface area contributed by atoms with Gasteiger partial charge in [0.1, 0.15) is 35.7 Å². The van der Waals surface area contributed by atoms with Gasteiger partial charge in [-0.25, -0.2) is 40.2 Å². The van der Waals surface area contributed by atoms with E-state index in [0.717, 1.165) is 127 Å². The van der Waals surface area contributed by atoms with Crippen LogP contribution in [0.5, 0.6) is 0 Å². The van der Waals surface area contributed by atoms with Gasteiger partial charge in [0.25, 0.3) is 0 Å². The summed E-state index contributed by atoms with van der Waals surface area (Å²) in [5.41, 5.74) is 4.55. The number of benzene rings is 3. The second-order valence-corrected chi connectivity index (χ2v) is 56.4. The van der Waals surface area contributed by atoms with Gasteiger partial charge >= 0.3 is 0 Å². The zero-order chi connectivity index (χ0) is 98.9. The third kappa shape index (κ3) is 22.3. The first-order valence-electron chi connectivity index (χ1n) is 53.1. The number of thiophene rings is 3. The van der Waals surface area contributed by atoms with Crippen LogP contribution in [0, 0.1) is 194 Å². The van der Waals surface area contributed by atoms with Crippen LogP contribution in [-0.2, 0) is 44.1 Å². The van der Waals surface area contributed by atoms with E-state index in [9.17, 15) is 65.2 Å². The normalized spacial score (nSPS) is 37.9. The second kappa shape index (κ2) is 45.3. The maximum Gasteiger partial charge on any atom is 0.247 e. The third-order valence-electron chi connectivity index (χ3n) is 40.2. The molecule has 0 amide bonds. The Hall–Kier alpha value is -3.79. The molecule has 16 nitrogen and oxygen atoms in total. The van der Waals surface area contributed by atoms with Gasteiger partial charge in [-0.05, 0) is 365 Å². The fraction of sp³-hybridized carbons (Fsp3) is 0.708. The van der Waals surface area contributed by atoms with Crippen molar-refractivity contribution in [3.63, 3.8) is 0 Å². The third-order valence-corrected chi connectivity index (χ3v) is 49.6. The molecule has 3 aromatic heterocycles. The average molecular weight is 2220 g/mol. The van der Waals surface area contributed by atoms with Crippen LogP contribution in [0.15, 0.2) is 145 Å². The fourth-order valence-electron chi connectivity index (χ4n) is 33.6. The van der Waals surface area contributed by atoms with Gasteiger partial charge in [0.2, 0.25) is 16.1 Å². The van der Waals surface area contributed by atoms with E-state index in [2.05, 4.69) is 103 Å². The molecule has 6 aromatic rings. The van der Waals surface area contributed by atoms with E-state index in [1.54, 1.807) is 24.3 Å². The molecule has 7 N–H and O–H groups in total. The van der Waals surface area contributed by atoms with E-state index in [-0.39, 0.29) is 119 Å². The minimum absolute atomic E-state index is 0. The zero-order valence-electron chi connectivity index (χ0n) is 85.2. The number of rotatable bonds is 27. The number of nitrogens with zero attached hydrogens (tertiary/aromatic N) is 1. The number of aliphatic hydroxyl groups is 5. The molecule has 0 unspecified atom stereocenters. The van der Waals surface area contributed by atoms with Crippen LogP contribution in [0.2, 0.25) is 0 Å². The number of primary sulfonamides is 1. The Morgan fingerprint density at radius 1 is 0.423 bits per heavy atom. The number of isocyanates is 1. The number of aliphatic imine (C=N–C) groups is 1. The maximum atomic E-state index is 13.1. The van der Waals surface area contributed by atoms with Crippen molar-refractivity contribution in [2.45, 2.75) is 332 Å². The van der Waals surface area contributed by atoms with Crippen molar-refractivity contribution in [1.82, 2.24) is 0 Å². The summed E-state index contributed by atoms with van der Waals surface area (Å²) in [5.74, 6) is 10.2. The van der Waals surface area contributed by atoms with E-state index in [1.807, 2.05) is 103 Å². The Balaban J connectivity index is 0.000000163. The van der Waals surface area contributed by atoms with Crippen LogP contribution in [0.4, 0.5) is 0 Å². The molecule has 18 rings (SSSR count). The Kier molecular flexibility index (Phi) is 36.0. The fourth-order valence-corrected chi connectivity index (χ4v) is 40.7. The number of hydrogen-bond acceptors (Lipinski definition) is 18. The summed E-state index contributed by atoms with van der Waals surface area (Å²) in [6.07, 6.45) is 33.0. The molecule has 137 heavy (non-hydrogen) atoms. The first-order chi connectivity index (χ1) is 65.1. The molecule has 752 valence electrons. The Labute approximate surface area is 861 Å². The zero-order valence-corrected chi connectivity index (χ0v) is 93.3. The minimum atomic E-state index is -3.65. The van der Waals surface area contributed by atoms with Crippen LogP contribution < -0.4 is 5.14 Å². The van der Waals surface area contributed by atoms with Crippen LogP contribution in [-0.4, -0.2) is 127 Å². The monoisotopic (exact) mass is 2210 g/mol. The van der Waals surface area contributed by atoms with Crippen molar-refractivity contribution in [3.05, 3.63) is 127 Å². The van der Waals surface area contributed by atoms with Crippen molar-refractivity contribution >= 4 is 89.7 Å². The van der Waals surface area contributed by atoms with Gasteiger partial charge in [-0.3, -0.25) is 9.59 Å². The molecule has 3 heterocycles. The van der Waals surface area contributed by atoms with Crippen molar-refractivity contribution in [1.29, 1.82) is 1.34 Å². The topological polar surface area (TPSA) is 293 Å². The Bertz CT molecular complexity index is 5210. The maximum absolute atomic E-state index is 13.1. The van der Waals surface area contributed by atoms with Gasteiger partial charge in [-0.1, -0.05) is 220 Å². The van der Waals surface area contributed by atoms with Crippen LogP contribution in [0.3, 0.4) is 0 Å². The molecule has 0 spiro atoms. The summed E-state index contributed by atoms with van der Waals surface area (Å²) in [5, 5.41) is 61.9. The van der Waals surface area contributed by atoms with E-state index < -0.39 is 41.2 Å². The molecule has 0 bridgehead atoms. The van der Waals surface area contributed by atoms with E-state index in [4.69, 9.17) is 6.47 Å². The smallest absolute Gasteiger partial charge is 0.247 e. The molecule has 2 radical (unpaired) electrons. The van der Waals surface area contributed by atoms with E-state index >= 15 is 0 Å². The van der Waals surface area contributed by atoms with Crippen molar-refractivity contribution < 1.29 is 96.3 Å². The van der Waals surface area contributed by atoms with Crippen molar-refractivity contribution in [2.75, 3.05) is 18.1 Å².